The van der Waals surface area contributed by atoms with Crippen molar-refractivity contribution in [1.29, 1.82) is 0 Å². The molecule has 5 nitrogen and oxygen atoms in total. The fourth-order valence-corrected chi connectivity index (χ4v) is 3.00. The molecule has 0 N–H and O–H groups in total. The lowest BCUT2D eigenvalue weighted by Gasteiger charge is -2.17. The number of aryl methyl sites for hydroxylation is 1. The van der Waals surface area contributed by atoms with Crippen LogP contribution in [0.1, 0.15) is 43.0 Å². The Labute approximate surface area is 135 Å². The van der Waals surface area contributed by atoms with E-state index in [0.29, 0.717) is 5.92 Å². The lowest BCUT2D eigenvalue weighted by molar-refractivity contribution is 0.616. The summed E-state index contributed by atoms with van der Waals surface area (Å²) in [5, 5.41) is 4.66. The average Bonchev–Trinajstić information content (AvgIpc) is 3.01. The molecule has 0 spiro atoms. The first-order valence-corrected chi connectivity index (χ1v) is 8.07. The molecular weight excluding hydrogens is 286 g/mol. The number of hydrogen-bond acceptors (Lipinski definition) is 4. The number of allylic oxidation sites excluding steroid dienone is 1. The molecule has 1 aliphatic rings. The normalized spacial score (nSPS) is 14.1. The summed E-state index contributed by atoms with van der Waals surface area (Å²) in [4.78, 5) is 13.6. The molecule has 0 fully saturated rings. The Morgan fingerprint density at radius 3 is 3.00 bits per heavy atom. The molecule has 3 aromatic heterocycles. The van der Waals surface area contributed by atoms with Crippen LogP contribution in [-0.2, 0) is 12.8 Å². The first-order chi connectivity index (χ1) is 11.2. The smallest absolute Gasteiger partial charge is 0.153 e. The second kappa shape index (κ2) is 5.57. The third-order valence-corrected chi connectivity index (χ3v) is 4.06. The van der Waals surface area contributed by atoms with E-state index < -0.39 is 0 Å². The number of rotatable bonds is 3. The van der Waals surface area contributed by atoms with Crippen molar-refractivity contribution in [3.8, 4) is 0 Å². The Kier molecular flexibility index (Phi) is 3.41. The molecule has 5 heteroatoms. The van der Waals surface area contributed by atoms with Crippen molar-refractivity contribution >= 4 is 11.2 Å². The van der Waals surface area contributed by atoms with E-state index in [9.17, 15) is 0 Å². The third-order valence-electron chi connectivity index (χ3n) is 4.06. The van der Waals surface area contributed by atoms with Gasteiger partial charge in [-0.15, -0.1) is 0 Å². The highest BCUT2D eigenvalue weighted by molar-refractivity contribution is 5.80. The molecule has 3 aromatic rings. The van der Waals surface area contributed by atoms with Crippen molar-refractivity contribution in [3.05, 3.63) is 59.6 Å². The lowest BCUT2D eigenvalue weighted by atomic mass is 9.93. The van der Waals surface area contributed by atoms with Crippen LogP contribution < -0.4 is 0 Å². The maximum absolute atomic E-state index is 4.78. The molecule has 0 atom stereocenters. The van der Waals surface area contributed by atoms with Crippen LogP contribution in [0, 0.1) is 5.92 Å². The van der Waals surface area contributed by atoms with Crippen LogP contribution in [0.25, 0.3) is 11.2 Å². The Hall–Kier alpha value is -2.56. The first-order valence-electron chi connectivity index (χ1n) is 8.07. The number of nitrogens with zero attached hydrogens (tertiary/aromatic N) is 5. The monoisotopic (exact) mass is 305 g/mol. The lowest BCUT2D eigenvalue weighted by Crippen LogP contribution is -2.10. The quantitative estimate of drug-likeness (QED) is 0.746. The molecule has 0 aliphatic heterocycles. The minimum atomic E-state index is 0.567. The van der Waals surface area contributed by atoms with Crippen LogP contribution >= 0.6 is 0 Å². The maximum Gasteiger partial charge on any atom is 0.153 e. The van der Waals surface area contributed by atoms with Crippen LogP contribution in [0.3, 0.4) is 0 Å². The Bertz CT molecular complexity index is 891. The molecule has 0 saturated carbocycles. The van der Waals surface area contributed by atoms with E-state index in [2.05, 4.69) is 35.0 Å². The molecule has 0 aromatic carbocycles. The number of fused-ring (bicyclic) bond motifs is 2. The van der Waals surface area contributed by atoms with Crippen LogP contribution in [0.2, 0.25) is 0 Å². The van der Waals surface area contributed by atoms with Gasteiger partial charge in [0.15, 0.2) is 5.65 Å². The van der Waals surface area contributed by atoms with Gasteiger partial charge in [-0.1, -0.05) is 19.9 Å². The zero-order valence-corrected chi connectivity index (χ0v) is 13.4. The van der Waals surface area contributed by atoms with Gasteiger partial charge in [0.2, 0.25) is 0 Å². The maximum atomic E-state index is 4.78. The molecule has 0 radical (unpaired) electrons. The summed E-state index contributed by atoms with van der Waals surface area (Å²) in [6, 6.07) is 4.01. The largest absolute Gasteiger partial charge is 0.241 e. The highest BCUT2D eigenvalue weighted by Gasteiger charge is 2.18. The summed E-state index contributed by atoms with van der Waals surface area (Å²) >= 11 is 0. The van der Waals surface area contributed by atoms with Crippen LogP contribution in [0.5, 0.6) is 0 Å². The number of hydrogen-bond donors (Lipinski definition) is 0. The van der Waals surface area contributed by atoms with Crippen molar-refractivity contribution in [2.45, 2.75) is 33.1 Å². The van der Waals surface area contributed by atoms with Gasteiger partial charge < -0.3 is 0 Å². The van der Waals surface area contributed by atoms with Crippen molar-refractivity contribution < 1.29 is 0 Å². The SMILES string of the molecule is CC(C)Cc1ncc2c(n1)CCC=C2c1ccc2nccn2n1. The van der Waals surface area contributed by atoms with Crippen molar-refractivity contribution in [1.82, 2.24) is 24.6 Å². The molecule has 4 rings (SSSR count). The second-order valence-corrected chi connectivity index (χ2v) is 6.35. The average molecular weight is 305 g/mol. The summed E-state index contributed by atoms with van der Waals surface area (Å²) in [6.07, 6.45) is 10.7. The summed E-state index contributed by atoms with van der Waals surface area (Å²) < 4.78 is 1.80. The summed E-state index contributed by atoms with van der Waals surface area (Å²) in [7, 11) is 0. The minimum absolute atomic E-state index is 0.567. The van der Waals surface area contributed by atoms with Crippen molar-refractivity contribution in [2.24, 2.45) is 5.92 Å². The van der Waals surface area contributed by atoms with Gasteiger partial charge >= 0.3 is 0 Å². The summed E-state index contributed by atoms with van der Waals surface area (Å²) in [5.41, 5.74) is 5.17. The van der Waals surface area contributed by atoms with Crippen LogP contribution in [0.4, 0.5) is 0 Å². The van der Waals surface area contributed by atoms with E-state index in [4.69, 9.17) is 4.98 Å². The molecule has 116 valence electrons. The summed E-state index contributed by atoms with van der Waals surface area (Å²) in [6.45, 7) is 4.39. The highest BCUT2D eigenvalue weighted by Crippen LogP contribution is 2.29. The first kappa shape index (κ1) is 14.1. The van der Waals surface area contributed by atoms with E-state index in [1.807, 2.05) is 24.5 Å². The molecule has 1 aliphatic carbocycles. The highest BCUT2D eigenvalue weighted by atomic mass is 15.2. The Balaban J connectivity index is 1.75. The zero-order chi connectivity index (χ0) is 15.8. The van der Waals surface area contributed by atoms with E-state index >= 15 is 0 Å². The van der Waals surface area contributed by atoms with Gasteiger partial charge in [-0.05, 0) is 30.9 Å². The minimum Gasteiger partial charge on any atom is -0.241 e. The fraction of sp³-hybridized carbons (Fsp3) is 0.333. The predicted octanol–water partition coefficient (Wildman–Crippen LogP) is 3.10. The van der Waals surface area contributed by atoms with Crippen LogP contribution in [-0.4, -0.2) is 24.6 Å². The van der Waals surface area contributed by atoms with Crippen molar-refractivity contribution in [2.75, 3.05) is 0 Å². The van der Waals surface area contributed by atoms with E-state index in [1.165, 1.54) is 0 Å². The Morgan fingerprint density at radius 2 is 2.13 bits per heavy atom. The standard InChI is InChI=1S/C18H19N5/c1-12(2)10-17-20-11-14-13(4-3-5-15(14)21-17)16-6-7-18-19-8-9-23(18)22-16/h4,6-9,11-12H,3,5,10H2,1-2H3. The van der Waals surface area contributed by atoms with Gasteiger partial charge in [0.05, 0.1) is 11.4 Å². The number of imidazole rings is 1. The molecule has 0 bridgehead atoms. The van der Waals surface area contributed by atoms with Crippen LogP contribution in [0.15, 0.2) is 36.8 Å². The van der Waals surface area contributed by atoms with E-state index in [1.54, 1.807) is 10.7 Å². The van der Waals surface area contributed by atoms with Gasteiger partial charge in [0, 0.05) is 36.1 Å². The van der Waals surface area contributed by atoms with Gasteiger partial charge in [-0.2, -0.15) is 5.10 Å². The molecule has 23 heavy (non-hydrogen) atoms. The Morgan fingerprint density at radius 1 is 1.22 bits per heavy atom. The van der Waals surface area contributed by atoms with E-state index in [-0.39, 0.29) is 0 Å². The predicted molar refractivity (Wildman–Crippen MR) is 89.0 cm³/mol. The number of aromatic nitrogens is 5. The second-order valence-electron chi connectivity index (χ2n) is 6.35. The fourth-order valence-electron chi connectivity index (χ4n) is 3.00. The van der Waals surface area contributed by atoms with Gasteiger partial charge in [0.25, 0.3) is 0 Å². The molecule has 0 saturated heterocycles. The topological polar surface area (TPSA) is 56.0 Å². The molecule has 0 amide bonds. The molecule has 0 unspecified atom stereocenters. The zero-order valence-electron chi connectivity index (χ0n) is 13.4. The molecule has 3 heterocycles. The van der Waals surface area contributed by atoms with Gasteiger partial charge in [-0.3, -0.25) is 0 Å². The van der Waals surface area contributed by atoms with Gasteiger partial charge in [-0.25, -0.2) is 19.5 Å². The van der Waals surface area contributed by atoms with E-state index in [0.717, 1.165) is 53.3 Å². The molecular formula is C18H19N5. The summed E-state index contributed by atoms with van der Waals surface area (Å²) in [5.74, 6) is 1.51. The van der Waals surface area contributed by atoms with Crippen molar-refractivity contribution in [3.63, 3.8) is 0 Å². The third kappa shape index (κ3) is 2.63. The van der Waals surface area contributed by atoms with Gasteiger partial charge in [0.1, 0.15) is 5.82 Å².